The van der Waals surface area contributed by atoms with Crippen molar-refractivity contribution in [3.63, 3.8) is 0 Å². The summed E-state index contributed by atoms with van der Waals surface area (Å²) in [6.45, 7) is 3.50. The summed E-state index contributed by atoms with van der Waals surface area (Å²) in [5, 5.41) is 2.74. The largest absolute Gasteiger partial charge is 0.497 e. The van der Waals surface area contributed by atoms with Crippen LogP contribution in [0.3, 0.4) is 0 Å². The van der Waals surface area contributed by atoms with Crippen molar-refractivity contribution < 1.29 is 19.1 Å². The number of thioether (sulfide) groups is 1. The predicted octanol–water partition coefficient (Wildman–Crippen LogP) is 3.67. The first-order valence-corrected chi connectivity index (χ1v) is 8.80. The quantitative estimate of drug-likeness (QED) is 0.604. The Balaban J connectivity index is 1.79. The molecule has 0 saturated heterocycles. The van der Waals surface area contributed by atoms with E-state index in [0.29, 0.717) is 5.69 Å². The van der Waals surface area contributed by atoms with Crippen LogP contribution in [0.15, 0.2) is 53.4 Å². The maximum atomic E-state index is 12.1. The number of ether oxygens (including phenoxy) is 2. The lowest BCUT2D eigenvalue weighted by molar-refractivity contribution is -0.150. The minimum Gasteiger partial charge on any atom is -0.497 e. The van der Waals surface area contributed by atoms with E-state index < -0.39 is 12.1 Å². The summed E-state index contributed by atoms with van der Waals surface area (Å²) >= 11 is 1.35. The fourth-order valence-electron chi connectivity index (χ4n) is 2.07. The number of carbonyl (C=O) groups is 2. The summed E-state index contributed by atoms with van der Waals surface area (Å²) in [5.74, 6) is 0.100. The third-order valence-electron chi connectivity index (χ3n) is 3.38. The SMILES string of the molecule is COc1ccc(SCC(=O)O[C@H](C)C(=O)Nc2cccc(C)c2)cc1. The molecule has 132 valence electrons. The van der Waals surface area contributed by atoms with Gasteiger partial charge in [-0.2, -0.15) is 0 Å². The zero-order chi connectivity index (χ0) is 18.2. The topological polar surface area (TPSA) is 64.6 Å². The van der Waals surface area contributed by atoms with Gasteiger partial charge >= 0.3 is 5.97 Å². The van der Waals surface area contributed by atoms with Crippen molar-refractivity contribution in [2.24, 2.45) is 0 Å². The summed E-state index contributed by atoms with van der Waals surface area (Å²) in [6.07, 6.45) is -0.857. The van der Waals surface area contributed by atoms with Crippen LogP contribution < -0.4 is 10.1 Å². The van der Waals surface area contributed by atoms with Gasteiger partial charge in [0.15, 0.2) is 6.10 Å². The molecule has 0 radical (unpaired) electrons. The molecule has 1 N–H and O–H groups in total. The van der Waals surface area contributed by atoms with E-state index in [1.807, 2.05) is 49.4 Å². The van der Waals surface area contributed by atoms with Crippen molar-refractivity contribution in [2.45, 2.75) is 24.8 Å². The number of benzene rings is 2. The van der Waals surface area contributed by atoms with Crippen molar-refractivity contribution in [1.29, 1.82) is 0 Å². The molecule has 0 bridgehead atoms. The van der Waals surface area contributed by atoms with Crippen molar-refractivity contribution >= 4 is 29.3 Å². The first-order valence-electron chi connectivity index (χ1n) is 7.82. The third kappa shape index (κ3) is 6.15. The maximum absolute atomic E-state index is 12.1. The number of anilines is 1. The predicted molar refractivity (Wildman–Crippen MR) is 99.1 cm³/mol. The van der Waals surface area contributed by atoms with Gasteiger partial charge in [-0.15, -0.1) is 11.8 Å². The third-order valence-corrected chi connectivity index (χ3v) is 4.36. The lowest BCUT2D eigenvalue weighted by Crippen LogP contribution is -2.30. The Morgan fingerprint density at radius 3 is 2.52 bits per heavy atom. The highest BCUT2D eigenvalue weighted by Gasteiger charge is 2.18. The average molecular weight is 359 g/mol. The van der Waals surface area contributed by atoms with Crippen LogP contribution in [0.1, 0.15) is 12.5 Å². The van der Waals surface area contributed by atoms with Gasteiger partial charge in [-0.1, -0.05) is 12.1 Å². The van der Waals surface area contributed by atoms with Crippen LogP contribution >= 0.6 is 11.8 Å². The van der Waals surface area contributed by atoms with Gasteiger partial charge in [0.05, 0.1) is 12.9 Å². The zero-order valence-corrected chi connectivity index (χ0v) is 15.3. The number of carbonyl (C=O) groups excluding carboxylic acids is 2. The number of rotatable bonds is 7. The Bertz CT molecular complexity index is 730. The molecular formula is C19H21NO4S. The Morgan fingerprint density at radius 1 is 1.16 bits per heavy atom. The molecule has 1 atom stereocenters. The van der Waals surface area contributed by atoms with Gasteiger partial charge in [0.2, 0.25) is 0 Å². The molecule has 0 spiro atoms. The summed E-state index contributed by atoms with van der Waals surface area (Å²) in [6, 6.07) is 14.8. The van der Waals surface area contributed by atoms with Crippen molar-refractivity contribution in [1.82, 2.24) is 0 Å². The number of esters is 1. The summed E-state index contributed by atoms with van der Waals surface area (Å²) in [7, 11) is 1.60. The van der Waals surface area contributed by atoms with Crippen LogP contribution in [0.4, 0.5) is 5.69 Å². The number of hydrogen-bond donors (Lipinski definition) is 1. The van der Waals surface area contributed by atoms with Crippen molar-refractivity contribution in [3.8, 4) is 5.75 Å². The fraction of sp³-hybridized carbons (Fsp3) is 0.263. The molecule has 25 heavy (non-hydrogen) atoms. The summed E-state index contributed by atoms with van der Waals surface area (Å²) < 4.78 is 10.3. The first-order chi connectivity index (χ1) is 12.0. The Labute approximate surface area is 151 Å². The molecule has 6 heteroatoms. The molecule has 0 aliphatic heterocycles. The maximum Gasteiger partial charge on any atom is 0.317 e. The molecular weight excluding hydrogens is 338 g/mol. The fourth-order valence-corrected chi connectivity index (χ4v) is 2.75. The van der Waals surface area contributed by atoms with Crippen LogP contribution in [-0.2, 0) is 14.3 Å². The second-order valence-electron chi connectivity index (χ2n) is 5.46. The van der Waals surface area contributed by atoms with E-state index in [2.05, 4.69) is 5.32 Å². The van der Waals surface area contributed by atoms with Crippen LogP contribution in [0.5, 0.6) is 5.75 Å². The van der Waals surface area contributed by atoms with Crippen LogP contribution in [-0.4, -0.2) is 30.8 Å². The number of aryl methyl sites for hydroxylation is 1. The van der Waals surface area contributed by atoms with Crippen LogP contribution in [0, 0.1) is 6.92 Å². The number of amides is 1. The summed E-state index contributed by atoms with van der Waals surface area (Å²) in [4.78, 5) is 24.9. The van der Waals surface area contributed by atoms with E-state index in [0.717, 1.165) is 16.2 Å². The van der Waals surface area contributed by atoms with E-state index in [1.165, 1.54) is 11.8 Å². The number of hydrogen-bond acceptors (Lipinski definition) is 5. The Morgan fingerprint density at radius 2 is 1.88 bits per heavy atom. The van der Waals surface area contributed by atoms with Gasteiger partial charge in [-0.3, -0.25) is 9.59 Å². The van der Waals surface area contributed by atoms with Crippen LogP contribution in [0.2, 0.25) is 0 Å². The number of nitrogens with one attached hydrogen (secondary N) is 1. The van der Waals surface area contributed by atoms with Gasteiger partial charge < -0.3 is 14.8 Å². The van der Waals surface area contributed by atoms with Gasteiger partial charge in [-0.05, 0) is 55.8 Å². The van der Waals surface area contributed by atoms with Crippen molar-refractivity contribution in [3.05, 3.63) is 54.1 Å². The molecule has 0 aliphatic rings. The standard InChI is InChI=1S/C19H21NO4S/c1-13-5-4-6-15(11-13)20-19(22)14(2)24-18(21)12-25-17-9-7-16(23-3)8-10-17/h4-11,14H,12H2,1-3H3,(H,20,22)/t14-/m1/s1. The normalized spacial score (nSPS) is 11.5. The highest BCUT2D eigenvalue weighted by atomic mass is 32.2. The lowest BCUT2D eigenvalue weighted by Gasteiger charge is -2.13. The molecule has 2 aromatic rings. The smallest absolute Gasteiger partial charge is 0.317 e. The molecule has 0 saturated carbocycles. The Kier molecular flexibility index (Phi) is 6.89. The minimum absolute atomic E-state index is 0.133. The molecule has 0 aromatic heterocycles. The molecule has 0 heterocycles. The molecule has 1 amide bonds. The van der Waals surface area contributed by atoms with E-state index in [1.54, 1.807) is 20.1 Å². The Hall–Kier alpha value is -2.47. The molecule has 0 unspecified atom stereocenters. The lowest BCUT2D eigenvalue weighted by atomic mass is 10.2. The monoisotopic (exact) mass is 359 g/mol. The zero-order valence-electron chi connectivity index (χ0n) is 14.4. The summed E-state index contributed by atoms with van der Waals surface area (Å²) in [5.41, 5.74) is 1.72. The van der Waals surface area contributed by atoms with Crippen LogP contribution in [0.25, 0.3) is 0 Å². The van der Waals surface area contributed by atoms with E-state index in [-0.39, 0.29) is 11.7 Å². The van der Waals surface area contributed by atoms with E-state index in [9.17, 15) is 9.59 Å². The minimum atomic E-state index is -0.857. The first kappa shape index (κ1) is 18.9. The average Bonchev–Trinajstić information content (AvgIpc) is 2.60. The van der Waals surface area contributed by atoms with Gasteiger partial charge in [0.25, 0.3) is 5.91 Å². The van der Waals surface area contributed by atoms with E-state index in [4.69, 9.17) is 9.47 Å². The van der Waals surface area contributed by atoms with Crippen molar-refractivity contribution in [2.75, 3.05) is 18.2 Å². The van der Waals surface area contributed by atoms with Gasteiger partial charge in [-0.25, -0.2) is 0 Å². The van der Waals surface area contributed by atoms with Gasteiger partial charge in [0.1, 0.15) is 5.75 Å². The second-order valence-corrected chi connectivity index (χ2v) is 6.50. The van der Waals surface area contributed by atoms with E-state index >= 15 is 0 Å². The van der Waals surface area contributed by atoms with Gasteiger partial charge in [0, 0.05) is 10.6 Å². The molecule has 2 rings (SSSR count). The second kappa shape index (κ2) is 9.13. The molecule has 0 aliphatic carbocycles. The molecule has 0 fully saturated rings. The molecule has 5 nitrogen and oxygen atoms in total. The highest BCUT2D eigenvalue weighted by molar-refractivity contribution is 8.00. The molecule has 2 aromatic carbocycles. The number of methoxy groups -OCH3 is 1. The highest BCUT2D eigenvalue weighted by Crippen LogP contribution is 2.21.